The highest BCUT2D eigenvalue weighted by molar-refractivity contribution is 6.41. The average molecular weight is 259 g/mol. The first kappa shape index (κ1) is 11.2. The van der Waals surface area contributed by atoms with Crippen LogP contribution < -0.4 is 5.56 Å². The molecule has 0 aromatic carbocycles. The van der Waals surface area contributed by atoms with Gasteiger partial charge in [-0.05, 0) is 6.07 Å². The van der Waals surface area contributed by atoms with E-state index in [4.69, 9.17) is 23.2 Å². The van der Waals surface area contributed by atoms with Crippen molar-refractivity contribution in [2.45, 2.75) is 6.54 Å². The predicted molar refractivity (Wildman–Crippen MR) is 60.8 cm³/mol. The largest absolute Gasteiger partial charge is 0.287 e. The Labute approximate surface area is 101 Å². The van der Waals surface area contributed by atoms with Crippen LogP contribution in [0.3, 0.4) is 0 Å². The van der Waals surface area contributed by atoms with Crippen molar-refractivity contribution < 1.29 is 0 Å². The number of nitrogens with zero attached hydrogens (tertiary/aromatic N) is 4. The number of rotatable bonds is 2. The van der Waals surface area contributed by atoms with Crippen LogP contribution in [0.4, 0.5) is 0 Å². The molecule has 5 nitrogen and oxygen atoms in total. The molecule has 0 atom stereocenters. The molecule has 0 fully saturated rings. The Bertz CT molecular complexity index is 575. The van der Waals surface area contributed by atoms with Crippen LogP contribution in [0.1, 0.15) is 5.69 Å². The van der Waals surface area contributed by atoms with Gasteiger partial charge in [0.05, 0.1) is 23.5 Å². The zero-order chi connectivity index (χ0) is 11.7. The molecule has 0 aliphatic heterocycles. The summed E-state index contributed by atoms with van der Waals surface area (Å²) in [5.74, 6) is 0. The maximum absolute atomic E-state index is 11.7. The van der Waals surface area contributed by atoms with E-state index in [0.717, 1.165) is 5.69 Å². The Balaban J connectivity index is 2.36. The summed E-state index contributed by atoms with van der Waals surface area (Å²) in [5, 5.41) is 8.16. The van der Waals surface area contributed by atoms with Crippen molar-refractivity contribution in [1.82, 2.24) is 19.6 Å². The van der Waals surface area contributed by atoms with Gasteiger partial charge in [0, 0.05) is 13.2 Å². The molecule has 0 spiro atoms. The molecule has 2 heterocycles. The molecule has 2 aromatic rings. The minimum atomic E-state index is -0.417. The maximum atomic E-state index is 11.7. The van der Waals surface area contributed by atoms with E-state index >= 15 is 0 Å². The van der Waals surface area contributed by atoms with Gasteiger partial charge < -0.3 is 0 Å². The second-order valence-corrected chi connectivity index (χ2v) is 4.04. The van der Waals surface area contributed by atoms with Crippen molar-refractivity contribution >= 4 is 23.2 Å². The molecule has 84 valence electrons. The van der Waals surface area contributed by atoms with Crippen LogP contribution in [0.2, 0.25) is 10.0 Å². The maximum Gasteiger partial charge on any atom is 0.287 e. The van der Waals surface area contributed by atoms with Gasteiger partial charge in [0.2, 0.25) is 0 Å². The van der Waals surface area contributed by atoms with Gasteiger partial charge in [-0.15, -0.1) is 0 Å². The van der Waals surface area contributed by atoms with Gasteiger partial charge in [0.25, 0.3) is 5.56 Å². The molecule has 16 heavy (non-hydrogen) atoms. The van der Waals surface area contributed by atoms with E-state index in [1.807, 2.05) is 0 Å². The number of halogens is 2. The highest BCUT2D eigenvalue weighted by atomic mass is 35.5. The number of hydrogen-bond acceptors (Lipinski definition) is 3. The van der Waals surface area contributed by atoms with Crippen LogP contribution in [0, 0.1) is 0 Å². The average Bonchev–Trinajstić information content (AvgIpc) is 2.65. The molecular weight excluding hydrogens is 251 g/mol. The molecule has 0 saturated heterocycles. The van der Waals surface area contributed by atoms with E-state index in [9.17, 15) is 4.79 Å². The number of hydrogen-bond donors (Lipinski definition) is 0. The Morgan fingerprint density at radius 2 is 2.19 bits per heavy atom. The van der Waals surface area contributed by atoms with Crippen molar-refractivity contribution in [3.8, 4) is 0 Å². The van der Waals surface area contributed by atoms with Crippen molar-refractivity contribution in [3.05, 3.63) is 44.6 Å². The standard InChI is InChI=1S/C9H8Cl2N4O/c1-14-3-2-6(13-14)5-15-9(16)8(11)7(10)4-12-15/h2-4H,5H2,1H3. The third-order valence-corrected chi connectivity index (χ3v) is 2.77. The molecule has 2 aromatic heterocycles. The summed E-state index contributed by atoms with van der Waals surface area (Å²) < 4.78 is 2.87. The molecule has 0 N–H and O–H groups in total. The van der Waals surface area contributed by atoms with E-state index in [1.54, 1.807) is 24.0 Å². The first-order chi connectivity index (χ1) is 7.58. The quantitative estimate of drug-likeness (QED) is 0.817. The van der Waals surface area contributed by atoms with Gasteiger partial charge in [-0.25, -0.2) is 4.68 Å². The van der Waals surface area contributed by atoms with Gasteiger partial charge in [-0.1, -0.05) is 23.2 Å². The number of aryl methyl sites for hydroxylation is 1. The lowest BCUT2D eigenvalue weighted by Gasteiger charge is -2.02. The predicted octanol–water partition coefficient (Wildman–Crippen LogP) is 1.33. The summed E-state index contributed by atoms with van der Waals surface area (Å²) in [6.07, 6.45) is 3.13. The van der Waals surface area contributed by atoms with E-state index in [-0.39, 0.29) is 16.6 Å². The zero-order valence-electron chi connectivity index (χ0n) is 8.39. The molecule has 0 radical (unpaired) electrons. The molecule has 2 rings (SSSR count). The smallest absolute Gasteiger partial charge is 0.275 e. The fourth-order valence-electron chi connectivity index (χ4n) is 1.26. The molecule has 0 aliphatic rings. The highest BCUT2D eigenvalue weighted by Crippen LogP contribution is 2.14. The first-order valence-electron chi connectivity index (χ1n) is 4.47. The molecular formula is C9H8Cl2N4O. The van der Waals surface area contributed by atoms with Gasteiger partial charge in [0.15, 0.2) is 0 Å². The lowest BCUT2D eigenvalue weighted by Crippen LogP contribution is -2.24. The Kier molecular flexibility index (Phi) is 2.98. The molecule has 0 unspecified atom stereocenters. The van der Waals surface area contributed by atoms with Gasteiger partial charge in [-0.2, -0.15) is 10.2 Å². The van der Waals surface area contributed by atoms with Crippen molar-refractivity contribution in [2.24, 2.45) is 7.05 Å². The van der Waals surface area contributed by atoms with Crippen LogP contribution in [0.15, 0.2) is 23.3 Å². The van der Waals surface area contributed by atoms with Gasteiger partial charge >= 0.3 is 0 Å². The molecule has 7 heteroatoms. The molecule has 0 bridgehead atoms. The summed E-state index contributed by atoms with van der Waals surface area (Å²) in [6.45, 7) is 0.274. The summed E-state index contributed by atoms with van der Waals surface area (Å²) >= 11 is 11.4. The first-order valence-corrected chi connectivity index (χ1v) is 5.23. The summed E-state index contributed by atoms with van der Waals surface area (Å²) in [4.78, 5) is 11.7. The normalized spacial score (nSPS) is 10.7. The fourth-order valence-corrected chi connectivity index (χ4v) is 1.53. The SMILES string of the molecule is Cn1ccc(Cn2ncc(Cl)c(Cl)c2=O)n1. The van der Waals surface area contributed by atoms with Crippen LogP contribution in [-0.2, 0) is 13.6 Å². The van der Waals surface area contributed by atoms with E-state index in [0.29, 0.717) is 0 Å². The van der Waals surface area contributed by atoms with Gasteiger partial charge in [-0.3, -0.25) is 9.48 Å². The van der Waals surface area contributed by atoms with E-state index in [2.05, 4.69) is 10.2 Å². The Morgan fingerprint density at radius 3 is 2.81 bits per heavy atom. The van der Waals surface area contributed by atoms with Crippen molar-refractivity contribution in [2.75, 3.05) is 0 Å². The van der Waals surface area contributed by atoms with Crippen LogP contribution in [0.25, 0.3) is 0 Å². The second-order valence-electron chi connectivity index (χ2n) is 3.25. The van der Waals surface area contributed by atoms with Crippen LogP contribution in [-0.4, -0.2) is 19.6 Å². The third kappa shape index (κ3) is 2.10. The zero-order valence-corrected chi connectivity index (χ0v) is 9.90. The number of aromatic nitrogens is 4. The summed E-state index contributed by atoms with van der Waals surface area (Å²) in [7, 11) is 1.80. The van der Waals surface area contributed by atoms with Crippen molar-refractivity contribution in [3.63, 3.8) is 0 Å². The van der Waals surface area contributed by atoms with Crippen molar-refractivity contribution in [1.29, 1.82) is 0 Å². The van der Waals surface area contributed by atoms with E-state index < -0.39 is 5.56 Å². The lowest BCUT2D eigenvalue weighted by molar-refractivity contribution is 0.615. The second kappa shape index (κ2) is 4.27. The fraction of sp³-hybridized carbons (Fsp3) is 0.222. The molecule has 0 aliphatic carbocycles. The summed E-state index contributed by atoms with van der Waals surface area (Å²) in [6, 6.07) is 1.80. The van der Waals surface area contributed by atoms with Gasteiger partial charge in [0.1, 0.15) is 5.02 Å². The minimum absolute atomic E-state index is 0.0207. The Morgan fingerprint density at radius 1 is 1.44 bits per heavy atom. The highest BCUT2D eigenvalue weighted by Gasteiger charge is 2.08. The van der Waals surface area contributed by atoms with Crippen LogP contribution in [0.5, 0.6) is 0 Å². The minimum Gasteiger partial charge on any atom is -0.275 e. The van der Waals surface area contributed by atoms with Crippen LogP contribution >= 0.6 is 23.2 Å². The summed E-state index contributed by atoms with van der Waals surface area (Å²) in [5.41, 5.74) is 0.315. The third-order valence-electron chi connectivity index (χ3n) is 2.02. The topological polar surface area (TPSA) is 52.7 Å². The molecule has 0 saturated carbocycles. The Hall–Kier alpha value is -1.33. The monoisotopic (exact) mass is 258 g/mol. The molecule has 0 amide bonds. The van der Waals surface area contributed by atoms with E-state index in [1.165, 1.54) is 10.9 Å². The lowest BCUT2D eigenvalue weighted by atomic mass is 10.4.